The van der Waals surface area contributed by atoms with E-state index < -0.39 is 0 Å². The summed E-state index contributed by atoms with van der Waals surface area (Å²) in [5, 5.41) is 10.9. The number of carbonyl (C=O) groups is 1. The van der Waals surface area contributed by atoms with Crippen LogP contribution in [0.25, 0.3) is 5.82 Å². The van der Waals surface area contributed by atoms with Crippen molar-refractivity contribution in [1.29, 1.82) is 0 Å². The smallest absolute Gasteiger partial charge is 0.222 e. The molecule has 0 radical (unpaired) electrons. The molecule has 2 N–H and O–H groups in total. The van der Waals surface area contributed by atoms with Gasteiger partial charge in [0.1, 0.15) is 0 Å². The summed E-state index contributed by atoms with van der Waals surface area (Å²) in [6.45, 7) is 6.81. The van der Waals surface area contributed by atoms with E-state index in [0.29, 0.717) is 13.0 Å². The van der Waals surface area contributed by atoms with E-state index in [2.05, 4.69) is 20.7 Å². The van der Waals surface area contributed by atoms with E-state index in [0.717, 1.165) is 43.4 Å². The molecule has 8 nitrogen and oxygen atoms in total. The maximum atomic E-state index is 11.9. The van der Waals surface area contributed by atoms with Crippen molar-refractivity contribution in [2.45, 2.75) is 39.3 Å². The second kappa shape index (κ2) is 9.16. The van der Waals surface area contributed by atoms with Crippen LogP contribution in [0.15, 0.2) is 41.8 Å². The zero-order chi connectivity index (χ0) is 19.1. The summed E-state index contributed by atoms with van der Waals surface area (Å²) in [5.74, 6) is 1.75. The van der Waals surface area contributed by atoms with Crippen molar-refractivity contribution >= 4 is 11.9 Å². The zero-order valence-corrected chi connectivity index (χ0v) is 15.9. The highest BCUT2D eigenvalue weighted by Gasteiger charge is 2.25. The summed E-state index contributed by atoms with van der Waals surface area (Å²) in [5.41, 5.74) is 1.06. The van der Waals surface area contributed by atoms with Crippen LogP contribution in [0.4, 0.5) is 0 Å². The van der Waals surface area contributed by atoms with Crippen LogP contribution in [-0.2, 0) is 11.3 Å². The number of hydrogen-bond donors (Lipinski definition) is 2. The molecule has 1 amide bonds. The van der Waals surface area contributed by atoms with E-state index in [1.807, 2.05) is 43.1 Å². The van der Waals surface area contributed by atoms with Gasteiger partial charge in [-0.15, -0.1) is 0 Å². The molecule has 0 spiro atoms. The van der Waals surface area contributed by atoms with Crippen molar-refractivity contribution in [2.24, 2.45) is 4.99 Å². The molecule has 2 aromatic heterocycles. The molecule has 1 aliphatic heterocycles. The van der Waals surface area contributed by atoms with Gasteiger partial charge in [0.25, 0.3) is 0 Å². The summed E-state index contributed by atoms with van der Waals surface area (Å²) in [4.78, 5) is 22.8. The van der Waals surface area contributed by atoms with Gasteiger partial charge in [-0.1, -0.05) is 6.92 Å². The Labute approximate surface area is 159 Å². The molecule has 27 heavy (non-hydrogen) atoms. The van der Waals surface area contributed by atoms with Gasteiger partial charge in [-0.2, -0.15) is 5.10 Å². The molecular weight excluding hydrogens is 342 g/mol. The first-order valence-corrected chi connectivity index (χ1v) is 9.47. The van der Waals surface area contributed by atoms with Gasteiger partial charge < -0.3 is 15.5 Å². The van der Waals surface area contributed by atoms with Gasteiger partial charge >= 0.3 is 0 Å². The molecule has 1 unspecified atom stereocenters. The van der Waals surface area contributed by atoms with Crippen molar-refractivity contribution in [3.05, 3.63) is 42.4 Å². The topological polar surface area (TPSA) is 87.4 Å². The minimum absolute atomic E-state index is 0.212. The summed E-state index contributed by atoms with van der Waals surface area (Å²) in [7, 11) is 0. The predicted molar refractivity (Wildman–Crippen MR) is 105 cm³/mol. The Morgan fingerprint density at radius 2 is 2.26 bits per heavy atom. The summed E-state index contributed by atoms with van der Waals surface area (Å²) >= 11 is 0. The van der Waals surface area contributed by atoms with Gasteiger partial charge in [-0.05, 0) is 37.1 Å². The van der Waals surface area contributed by atoms with Gasteiger partial charge in [0.2, 0.25) is 5.91 Å². The lowest BCUT2D eigenvalue weighted by molar-refractivity contribution is -0.129. The molecule has 1 fully saturated rings. The van der Waals surface area contributed by atoms with Gasteiger partial charge in [0, 0.05) is 50.7 Å². The van der Waals surface area contributed by atoms with E-state index in [1.54, 1.807) is 17.1 Å². The van der Waals surface area contributed by atoms with Gasteiger partial charge in [0.05, 0.1) is 6.54 Å². The fourth-order valence-corrected chi connectivity index (χ4v) is 3.10. The van der Waals surface area contributed by atoms with Crippen LogP contribution in [0.1, 0.15) is 32.3 Å². The van der Waals surface area contributed by atoms with Crippen molar-refractivity contribution in [3.63, 3.8) is 0 Å². The number of nitrogens with one attached hydrogen (secondary N) is 2. The highest BCUT2D eigenvalue weighted by atomic mass is 16.2. The fourth-order valence-electron chi connectivity index (χ4n) is 3.10. The number of aromatic nitrogens is 3. The van der Waals surface area contributed by atoms with Gasteiger partial charge in [-0.25, -0.2) is 14.7 Å². The third kappa shape index (κ3) is 5.06. The fraction of sp³-hybridized carbons (Fsp3) is 0.474. The Morgan fingerprint density at radius 1 is 1.37 bits per heavy atom. The normalized spacial score (nSPS) is 17.2. The molecule has 0 aliphatic carbocycles. The van der Waals surface area contributed by atoms with Crippen molar-refractivity contribution < 1.29 is 4.79 Å². The summed E-state index contributed by atoms with van der Waals surface area (Å²) in [6, 6.07) is 6.04. The molecule has 144 valence electrons. The third-order valence-electron chi connectivity index (χ3n) is 4.50. The van der Waals surface area contributed by atoms with E-state index in [4.69, 9.17) is 4.99 Å². The number of rotatable bonds is 6. The zero-order valence-electron chi connectivity index (χ0n) is 15.9. The molecule has 1 saturated heterocycles. The Bertz CT molecular complexity index is 772. The molecule has 0 aromatic carbocycles. The number of aliphatic imine (C=N–C) groups is 1. The van der Waals surface area contributed by atoms with Crippen molar-refractivity contribution in [3.8, 4) is 5.82 Å². The molecule has 3 rings (SSSR count). The molecule has 0 saturated carbocycles. The SMILES string of the molecule is CCNC(=NCc1ccnc(-n2cccn2)c1)NC1CCN(C(=O)CC)C1. The van der Waals surface area contributed by atoms with E-state index in [-0.39, 0.29) is 11.9 Å². The van der Waals surface area contributed by atoms with Crippen molar-refractivity contribution in [2.75, 3.05) is 19.6 Å². The highest BCUT2D eigenvalue weighted by molar-refractivity contribution is 5.80. The van der Waals surface area contributed by atoms with Crippen LogP contribution in [0.2, 0.25) is 0 Å². The average molecular weight is 369 g/mol. The standard InChI is InChI=1S/C19H27N7O/c1-3-18(27)25-11-7-16(14-25)24-19(20-4-2)22-13-15-6-9-21-17(12-15)26-10-5-8-23-26/h5-6,8-10,12,16H,3-4,7,11,13-14H2,1-2H3,(H2,20,22,24). The van der Waals surface area contributed by atoms with Crippen LogP contribution in [-0.4, -0.2) is 57.2 Å². The van der Waals surface area contributed by atoms with Crippen LogP contribution in [0, 0.1) is 0 Å². The van der Waals surface area contributed by atoms with Crippen molar-refractivity contribution in [1.82, 2.24) is 30.3 Å². The Kier molecular flexibility index (Phi) is 6.40. The predicted octanol–water partition coefficient (Wildman–Crippen LogP) is 1.33. The first-order chi connectivity index (χ1) is 13.2. The van der Waals surface area contributed by atoms with Crippen LogP contribution in [0.3, 0.4) is 0 Å². The number of carbonyl (C=O) groups excluding carboxylic acids is 1. The number of pyridine rings is 1. The molecule has 0 bridgehead atoms. The van der Waals surface area contributed by atoms with E-state index in [9.17, 15) is 4.79 Å². The lowest BCUT2D eigenvalue weighted by atomic mass is 10.2. The maximum absolute atomic E-state index is 11.9. The number of likely N-dealkylation sites (tertiary alicyclic amines) is 1. The van der Waals surface area contributed by atoms with Crippen LogP contribution in [0.5, 0.6) is 0 Å². The highest BCUT2D eigenvalue weighted by Crippen LogP contribution is 2.11. The molecule has 2 aromatic rings. The lowest BCUT2D eigenvalue weighted by Crippen LogP contribution is -2.45. The Hall–Kier alpha value is -2.90. The van der Waals surface area contributed by atoms with Crippen LogP contribution < -0.4 is 10.6 Å². The second-order valence-corrected chi connectivity index (χ2v) is 6.49. The first kappa shape index (κ1) is 18.9. The van der Waals surface area contributed by atoms with Gasteiger partial charge in [0.15, 0.2) is 11.8 Å². The molecule has 3 heterocycles. The third-order valence-corrected chi connectivity index (χ3v) is 4.50. The maximum Gasteiger partial charge on any atom is 0.222 e. The molecule has 8 heteroatoms. The Balaban J connectivity index is 1.63. The largest absolute Gasteiger partial charge is 0.357 e. The van der Waals surface area contributed by atoms with Crippen LogP contribution >= 0.6 is 0 Å². The number of hydrogen-bond acceptors (Lipinski definition) is 4. The minimum atomic E-state index is 0.212. The minimum Gasteiger partial charge on any atom is -0.357 e. The summed E-state index contributed by atoms with van der Waals surface area (Å²) in [6.07, 6.45) is 6.86. The quantitative estimate of drug-likeness (QED) is 0.593. The second-order valence-electron chi connectivity index (χ2n) is 6.49. The molecule has 1 aliphatic rings. The average Bonchev–Trinajstić information content (AvgIpc) is 3.38. The first-order valence-electron chi connectivity index (χ1n) is 9.47. The number of amides is 1. The van der Waals surface area contributed by atoms with E-state index >= 15 is 0 Å². The summed E-state index contributed by atoms with van der Waals surface area (Å²) < 4.78 is 1.73. The Morgan fingerprint density at radius 3 is 3.00 bits per heavy atom. The van der Waals surface area contributed by atoms with Gasteiger partial charge in [-0.3, -0.25) is 4.79 Å². The number of guanidine groups is 1. The van der Waals surface area contributed by atoms with E-state index in [1.165, 1.54) is 0 Å². The number of nitrogens with zero attached hydrogens (tertiary/aromatic N) is 5. The monoisotopic (exact) mass is 369 g/mol. The lowest BCUT2D eigenvalue weighted by Gasteiger charge is -2.18. The molecule has 1 atom stereocenters. The molecular formula is C19H27N7O.